The maximum atomic E-state index is 11.8. The van der Waals surface area contributed by atoms with Gasteiger partial charge in [-0.15, -0.1) is 0 Å². The molecule has 0 radical (unpaired) electrons. The minimum Gasteiger partial charge on any atom is -0.395 e. The molecule has 1 fully saturated rings. The molecule has 1 aliphatic rings. The Hall–Kier alpha value is -0.610. The van der Waals surface area contributed by atoms with E-state index in [4.69, 9.17) is 5.11 Å². The topological polar surface area (TPSA) is 43.8 Å². The number of amides is 1. The molecule has 4 heteroatoms. The van der Waals surface area contributed by atoms with Crippen LogP contribution in [0.15, 0.2) is 0 Å². The summed E-state index contributed by atoms with van der Waals surface area (Å²) in [4.78, 5) is 15.6. The van der Waals surface area contributed by atoms with Crippen molar-refractivity contribution in [1.82, 2.24) is 9.80 Å². The number of likely N-dealkylation sites (N-methyl/N-ethyl adjacent to an activating group) is 1. The van der Waals surface area contributed by atoms with E-state index in [1.165, 1.54) is 12.8 Å². The minimum absolute atomic E-state index is 0.134. The molecule has 0 saturated heterocycles. The molecular formula is C11H22N2O2. The number of carbonyl (C=O) groups excluding carboxylic acids is 1. The van der Waals surface area contributed by atoms with Gasteiger partial charge in [-0.3, -0.25) is 9.69 Å². The van der Waals surface area contributed by atoms with E-state index in [2.05, 4.69) is 4.90 Å². The van der Waals surface area contributed by atoms with Crippen LogP contribution >= 0.6 is 0 Å². The molecule has 15 heavy (non-hydrogen) atoms. The van der Waals surface area contributed by atoms with E-state index in [0.717, 1.165) is 0 Å². The highest BCUT2D eigenvalue weighted by molar-refractivity contribution is 5.78. The minimum atomic E-state index is 0.134. The van der Waals surface area contributed by atoms with E-state index in [0.29, 0.717) is 19.1 Å². The largest absolute Gasteiger partial charge is 0.395 e. The molecule has 1 aliphatic carbocycles. The van der Waals surface area contributed by atoms with Gasteiger partial charge in [0.25, 0.3) is 0 Å². The molecule has 0 aromatic carbocycles. The van der Waals surface area contributed by atoms with Gasteiger partial charge in [0.15, 0.2) is 0 Å². The third-order valence-corrected chi connectivity index (χ3v) is 2.96. The maximum absolute atomic E-state index is 11.8. The molecule has 0 atom stereocenters. The lowest BCUT2D eigenvalue weighted by Gasteiger charge is -2.26. The van der Waals surface area contributed by atoms with Gasteiger partial charge < -0.3 is 10.0 Å². The molecular weight excluding hydrogens is 192 g/mol. The number of aliphatic hydroxyl groups is 1. The number of hydrogen-bond acceptors (Lipinski definition) is 3. The van der Waals surface area contributed by atoms with E-state index in [-0.39, 0.29) is 18.6 Å². The number of rotatable bonds is 6. The number of aliphatic hydroxyl groups excluding tert-OH is 1. The van der Waals surface area contributed by atoms with Crippen LogP contribution in [-0.2, 0) is 4.79 Å². The summed E-state index contributed by atoms with van der Waals surface area (Å²) in [7, 11) is 1.83. The molecule has 1 rings (SSSR count). The molecule has 1 saturated carbocycles. The molecule has 0 bridgehead atoms. The predicted octanol–water partition coefficient (Wildman–Crippen LogP) is 0.310. The zero-order valence-corrected chi connectivity index (χ0v) is 9.94. The van der Waals surface area contributed by atoms with Crippen LogP contribution in [0.25, 0.3) is 0 Å². The Morgan fingerprint density at radius 3 is 2.47 bits per heavy atom. The quantitative estimate of drug-likeness (QED) is 0.692. The Bertz CT molecular complexity index is 215. The van der Waals surface area contributed by atoms with Crippen LogP contribution in [0.3, 0.4) is 0 Å². The van der Waals surface area contributed by atoms with Crippen LogP contribution in [0.5, 0.6) is 0 Å². The van der Waals surface area contributed by atoms with Gasteiger partial charge in [0, 0.05) is 25.7 Å². The van der Waals surface area contributed by atoms with E-state index in [9.17, 15) is 4.79 Å². The number of nitrogens with zero attached hydrogens (tertiary/aromatic N) is 2. The Balaban J connectivity index is 2.39. The molecule has 1 amide bonds. The fourth-order valence-electron chi connectivity index (χ4n) is 1.53. The second-order valence-corrected chi connectivity index (χ2v) is 4.52. The SMILES string of the molecule is CC(C)N(C)C(=O)CN(CCO)C1CC1. The van der Waals surface area contributed by atoms with E-state index < -0.39 is 0 Å². The van der Waals surface area contributed by atoms with Crippen LogP contribution in [0, 0.1) is 0 Å². The first-order valence-corrected chi connectivity index (χ1v) is 5.66. The maximum Gasteiger partial charge on any atom is 0.236 e. The third-order valence-electron chi connectivity index (χ3n) is 2.96. The van der Waals surface area contributed by atoms with E-state index >= 15 is 0 Å². The van der Waals surface area contributed by atoms with Crippen molar-refractivity contribution < 1.29 is 9.90 Å². The summed E-state index contributed by atoms with van der Waals surface area (Å²) in [6.45, 7) is 5.20. The molecule has 0 spiro atoms. The fourth-order valence-corrected chi connectivity index (χ4v) is 1.53. The lowest BCUT2D eigenvalue weighted by atomic mass is 10.3. The smallest absolute Gasteiger partial charge is 0.236 e. The highest BCUT2D eigenvalue weighted by atomic mass is 16.3. The summed E-state index contributed by atoms with van der Waals surface area (Å²) >= 11 is 0. The summed E-state index contributed by atoms with van der Waals surface area (Å²) in [6, 6.07) is 0.773. The van der Waals surface area contributed by atoms with Gasteiger partial charge in [-0.2, -0.15) is 0 Å². The van der Waals surface area contributed by atoms with Crippen molar-refractivity contribution in [3.63, 3.8) is 0 Å². The van der Waals surface area contributed by atoms with Crippen molar-refractivity contribution in [2.45, 2.75) is 38.8 Å². The highest BCUT2D eigenvalue weighted by Crippen LogP contribution is 2.26. The molecule has 0 unspecified atom stereocenters. The average Bonchev–Trinajstić information content (AvgIpc) is 2.98. The van der Waals surface area contributed by atoms with Gasteiger partial charge in [0.1, 0.15) is 0 Å². The molecule has 88 valence electrons. The molecule has 0 aliphatic heterocycles. The number of carbonyl (C=O) groups is 1. The average molecular weight is 214 g/mol. The van der Waals surface area contributed by atoms with Gasteiger partial charge in [-0.1, -0.05) is 0 Å². The zero-order valence-electron chi connectivity index (χ0n) is 9.94. The van der Waals surface area contributed by atoms with Crippen LogP contribution < -0.4 is 0 Å². The summed E-state index contributed by atoms with van der Waals surface area (Å²) in [6.07, 6.45) is 2.33. The number of hydrogen-bond donors (Lipinski definition) is 1. The first-order valence-electron chi connectivity index (χ1n) is 5.66. The Kier molecular flexibility index (Phi) is 4.54. The van der Waals surface area contributed by atoms with Crippen molar-refractivity contribution in [3.8, 4) is 0 Å². The van der Waals surface area contributed by atoms with Crippen LogP contribution in [0.1, 0.15) is 26.7 Å². The van der Waals surface area contributed by atoms with Crippen LogP contribution in [0.2, 0.25) is 0 Å². The summed E-state index contributed by atoms with van der Waals surface area (Å²) in [5.74, 6) is 0.144. The van der Waals surface area contributed by atoms with Crippen molar-refractivity contribution >= 4 is 5.91 Å². The first-order chi connectivity index (χ1) is 7.06. The fraction of sp³-hybridized carbons (Fsp3) is 0.909. The van der Waals surface area contributed by atoms with Gasteiger partial charge in [0.2, 0.25) is 5.91 Å². The predicted molar refractivity (Wildman–Crippen MR) is 59.6 cm³/mol. The van der Waals surface area contributed by atoms with Crippen LogP contribution in [0.4, 0.5) is 0 Å². The molecule has 1 N–H and O–H groups in total. The highest BCUT2D eigenvalue weighted by Gasteiger charge is 2.30. The first kappa shape index (κ1) is 12.5. The zero-order chi connectivity index (χ0) is 11.4. The third kappa shape index (κ3) is 3.80. The van der Waals surface area contributed by atoms with Crippen LogP contribution in [-0.4, -0.2) is 59.6 Å². The molecule has 4 nitrogen and oxygen atoms in total. The van der Waals surface area contributed by atoms with Gasteiger partial charge in [-0.25, -0.2) is 0 Å². The standard InChI is InChI=1S/C11H22N2O2/c1-9(2)12(3)11(15)8-13(6-7-14)10-4-5-10/h9-10,14H,4-8H2,1-3H3. The summed E-state index contributed by atoms with van der Waals surface area (Å²) in [5, 5.41) is 8.91. The Morgan fingerprint density at radius 2 is 2.07 bits per heavy atom. The van der Waals surface area contributed by atoms with Crippen molar-refractivity contribution in [2.24, 2.45) is 0 Å². The second-order valence-electron chi connectivity index (χ2n) is 4.52. The second kappa shape index (κ2) is 5.47. The molecule has 0 aromatic heterocycles. The Labute approximate surface area is 91.9 Å². The molecule has 0 heterocycles. The summed E-state index contributed by atoms with van der Waals surface area (Å²) < 4.78 is 0. The monoisotopic (exact) mass is 214 g/mol. The lowest BCUT2D eigenvalue weighted by Crippen LogP contribution is -2.43. The summed E-state index contributed by atoms with van der Waals surface area (Å²) in [5.41, 5.74) is 0. The normalized spacial score (nSPS) is 16.1. The Morgan fingerprint density at radius 1 is 1.47 bits per heavy atom. The van der Waals surface area contributed by atoms with Gasteiger partial charge >= 0.3 is 0 Å². The van der Waals surface area contributed by atoms with Crippen molar-refractivity contribution in [2.75, 3.05) is 26.7 Å². The van der Waals surface area contributed by atoms with E-state index in [1.807, 2.05) is 20.9 Å². The van der Waals surface area contributed by atoms with E-state index in [1.54, 1.807) is 4.90 Å². The van der Waals surface area contributed by atoms with Gasteiger partial charge in [0.05, 0.1) is 13.2 Å². The van der Waals surface area contributed by atoms with Crippen molar-refractivity contribution in [1.29, 1.82) is 0 Å². The van der Waals surface area contributed by atoms with Gasteiger partial charge in [-0.05, 0) is 26.7 Å². The lowest BCUT2D eigenvalue weighted by molar-refractivity contribution is -0.132. The van der Waals surface area contributed by atoms with Crippen molar-refractivity contribution in [3.05, 3.63) is 0 Å². The molecule has 0 aromatic rings.